The van der Waals surface area contributed by atoms with Gasteiger partial charge in [0.2, 0.25) is 0 Å². The van der Waals surface area contributed by atoms with Crippen molar-refractivity contribution in [1.82, 2.24) is 14.7 Å². The Kier molecular flexibility index (Phi) is 2.33. The maximum absolute atomic E-state index is 10.9. The highest BCUT2D eigenvalue weighted by Gasteiger charge is 2.09. The Labute approximate surface area is 101 Å². The van der Waals surface area contributed by atoms with Gasteiger partial charge in [-0.05, 0) is 18.2 Å². The number of fused-ring (bicyclic) bond motifs is 1. The Balaban J connectivity index is 2.06. The topological polar surface area (TPSA) is 81.1 Å². The van der Waals surface area contributed by atoms with Crippen LogP contribution in [0.3, 0.4) is 0 Å². The van der Waals surface area contributed by atoms with E-state index in [4.69, 9.17) is 9.63 Å². The van der Waals surface area contributed by atoms with Crippen molar-refractivity contribution in [3.8, 4) is 0 Å². The van der Waals surface area contributed by atoms with Crippen LogP contribution >= 0.6 is 0 Å². The molecule has 0 saturated carbocycles. The predicted octanol–water partition coefficient (Wildman–Crippen LogP) is 1.77. The molecule has 3 aromatic rings. The van der Waals surface area contributed by atoms with Crippen LogP contribution in [0.1, 0.15) is 16.1 Å². The van der Waals surface area contributed by atoms with Gasteiger partial charge in [-0.25, -0.2) is 9.78 Å². The van der Waals surface area contributed by atoms with E-state index in [2.05, 4.69) is 10.1 Å². The fourth-order valence-electron chi connectivity index (χ4n) is 1.81. The third-order valence-corrected chi connectivity index (χ3v) is 2.69. The smallest absolute Gasteiger partial charge is 0.335 e. The third kappa shape index (κ3) is 1.73. The number of hydrogen-bond acceptors (Lipinski definition) is 4. The summed E-state index contributed by atoms with van der Waals surface area (Å²) < 4.78 is 6.84. The molecular weight excluding hydrogens is 234 g/mol. The van der Waals surface area contributed by atoms with E-state index >= 15 is 0 Å². The van der Waals surface area contributed by atoms with Crippen LogP contribution < -0.4 is 0 Å². The van der Waals surface area contributed by atoms with Crippen LogP contribution in [0, 0.1) is 0 Å². The number of rotatable bonds is 3. The van der Waals surface area contributed by atoms with E-state index in [1.165, 1.54) is 6.07 Å². The Hall–Kier alpha value is -2.63. The second-order valence-electron chi connectivity index (χ2n) is 3.86. The number of hydrogen-bond donors (Lipinski definition) is 1. The van der Waals surface area contributed by atoms with Crippen molar-refractivity contribution >= 4 is 17.0 Å². The summed E-state index contributed by atoms with van der Waals surface area (Å²) in [5, 5.41) is 12.6. The minimum atomic E-state index is -0.954. The van der Waals surface area contributed by atoms with Gasteiger partial charge in [-0.15, -0.1) is 0 Å². The highest BCUT2D eigenvalue weighted by atomic mass is 16.5. The molecule has 0 atom stereocenters. The molecule has 90 valence electrons. The summed E-state index contributed by atoms with van der Waals surface area (Å²) in [7, 11) is 0. The molecule has 1 aromatic carbocycles. The lowest BCUT2D eigenvalue weighted by Crippen LogP contribution is -1.99. The van der Waals surface area contributed by atoms with Crippen molar-refractivity contribution in [3.63, 3.8) is 0 Å². The van der Waals surface area contributed by atoms with E-state index in [1.54, 1.807) is 30.7 Å². The van der Waals surface area contributed by atoms with Gasteiger partial charge >= 0.3 is 5.97 Å². The predicted molar refractivity (Wildman–Crippen MR) is 62.3 cm³/mol. The Bertz CT molecular complexity index is 701. The largest absolute Gasteiger partial charge is 0.478 e. The van der Waals surface area contributed by atoms with Crippen LogP contribution in [0.2, 0.25) is 0 Å². The lowest BCUT2D eigenvalue weighted by molar-refractivity contribution is 0.0697. The molecular formula is C12H9N3O3. The zero-order chi connectivity index (χ0) is 12.5. The normalized spacial score (nSPS) is 10.9. The van der Waals surface area contributed by atoms with Crippen LogP contribution in [0.25, 0.3) is 11.0 Å². The first-order chi connectivity index (χ1) is 8.74. The molecule has 6 heteroatoms. The molecule has 6 nitrogen and oxygen atoms in total. The first-order valence-electron chi connectivity index (χ1n) is 5.32. The standard InChI is InChI=1S/C12H9N3O3/c16-12(17)8-1-2-10-11(5-8)15(7-13-10)6-9-3-4-14-18-9/h1-5,7H,6H2,(H,16,17). The average molecular weight is 243 g/mol. The molecule has 0 aliphatic rings. The number of imidazole rings is 1. The molecule has 0 spiro atoms. The summed E-state index contributed by atoms with van der Waals surface area (Å²) in [6, 6.07) is 6.58. The lowest BCUT2D eigenvalue weighted by Gasteiger charge is -2.01. The van der Waals surface area contributed by atoms with Crippen molar-refractivity contribution in [3.05, 3.63) is 48.1 Å². The van der Waals surface area contributed by atoms with Gasteiger partial charge in [0.1, 0.15) is 0 Å². The van der Waals surface area contributed by atoms with E-state index in [-0.39, 0.29) is 5.56 Å². The van der Waals surface area contributed by atoms with Gasteiger partial charge in [-0.1, -0.05) is 5.16 Å². The zero-order valence-corrected chi connectivity index (χ0v) is 9.28. The Morgan fingerprint density at radius 3 is 3.00 bits per heavy atom. The maximum atomic E-state index is 10.9. The molecule has 2 heterocycles. The van der Waals surface area contributed by atoms with Crippen LogP contribution in [-0.2, 0) is 6.54 Å². The van der Waals surface area contributed by atoms with E-state index in [1.807, 2.05) is 4.57 Å². The number of aromatic nitrogens is 3. The van der Waals surface area contributed by atoms with Crippen LogP contribution in [-0.4, -0.2) is 25.8 Å². The molecule has 0 fully saturated rings. The van der Waals surface area contributed by atoms with Crippen molar-refractivity contribution in [2.45, 2.75) is 6.54 Å². The van der Waals surface area contributed by atoms with E-state index in [9.17, 15) is 4.79 Å². The van der Waals surface area contributed by atoms with Crippen molar-refractivity contribution in [2.75, 3.05) is 0 Å². The van der Waals surface area contributed by atoms with Gasteiger partial charge < -0.3 is 14.2 Å². The van der Waals surface area contributed by atoms with E-state index in [0.29, 0.717) is 12.3 Å². The molecule has 3 rings (SSSR count). The molecule has 1 N–H and O–H groups in total. The van der Waals surface area contributed by atoms with Crippen LogP contribution in [0.15, 0.2) is 41.3 Å². The van der Waals surface area contributed by atoms with Gasteiger partial charge in [0.15, 0.2) is 5.76 Å². The monoisotopic (exact) mass is 243 g/mol. The minimum absolute atomic E-state index is 0.238. The number of carboxylic acids is 1. The summed E-state index contributed by atoms with van der Waals surface area (Å²) in [6.07, 6.45) is 3.22. The fourth-order valence-corrected chi connectivity index (χ4v) is 1.81. The summed E-state index contributed by atoms with van der Waals surface area (Å²) in [5.41, 5.74) is 1.74. The van der Waals surface area contributed by atoms with E-state index in [0.717, 1.165) is 11.0 Å². The molecule has 0 amide bonds. The molecule has 0 aliphatic heterocycles. The van der Waals surface area contributed by atoms with Gasteiger partial charge in [0.05, 0.1) is 35.7 Å². The number of nitrogens with zero attached hydrogens (tertiary/aromatic N) is 3. The van der Waals surface area contributed by atoms with Crippen LogP contribution in [0.5, 0.6) is 0 Å². The van der Waals surface area contributed by atoms with Crippen molar-refractivity contribution in [2.24, 2.45) is 0 Å². The molecule has 0 unspecified atom stereocenters. The van der Waals surface area contributed by atoms with Crippen molar-refractivity contribution < 1.29 is 14.4 Å². The van der Waals surface area contributed by atoms with Gasteiger partial charge in [0.25, 0.3) is 0 Å². The summed E-state index contributed by atoms with van der Waals surface area (Å²) in [4.78, 5) is 15.1. The fraction of sp³-hybridized carbons (Fsp3) is 0.0833. The second kappa shape index (κ2) is 3.99. The average Bonchev–Trinajstić information content (AvgIpc) is 2.99. The van der Waals surface area contributed by atoms with Crippen molar-refractivity contribution in [1.29, 1.82) is 0 Å². The number of carbonyl (C=O) groups is 1. The number of carboxylic acid groups (broad SMARTS) is 1. The molecule has 0 bridgehead atoms. The summed E-state index contributed by atoms with van der Waals surface area (Å²) in [6.45, 7) is 0.472. The van der Waals surface area contributed by atoms with Gasteiger partial charge in [-0.3, -0.25) is 0 Å². The Morgan fingerprint density at radius 2 is 2.28 bits per heavy atom. The molecule has 0 radical (unpaired) electrons. The van der Waals surface area contributed by atoms with Gasteiger partial charge in [-0.2, -0.15) is 0 Å². The molecule has 0 aliphatic carbocycles. The second-order valence-corrected chi connectivity index (χ2v) is 3.86. The first-order valence-corrected chi connectivity index (χ1v) is 5.32. The van der Waals surface area contributed by atoms with E-state index < -0.39 is 5.97 Å². The SMILES string of the molecule is O=C(O)c1ccc2ncn(Cc3ccno3)c2c1. The highest BCUT2D eigenvalue weighted by molar-refractivity contribution is 5.92. The molecule has 18 heavy (non-hydrogen) atoms. The number of benzene rings is 1. The quantitative estimate of drug-likeness (QED) is 0.758. The molecule has 2 aromatic heterocycles. The summed E-state index contributed by atoms with van der Waals surface area (Å²) in [5.74, 6) is -0.264. The third-order valence-electron chi connectivity index (χ3n) is 2.69. The number of aromatic carboxylic acids is 1. The maximum Gasteiger partial charge on any atom is 0.335 e. The summed E-state index contributed by atoms with van der Waals surface area (Å²) >= 11 is 0. The lowest BCUT2D eigenvalue weighted by atomic mass is 10.2. The zero-order valence-electron chi connectivity index (χ0n) is 9.28. The first kappa shape index (κ1) is 10.5. The van der Waals surface area contributed by atoms with Gasteiger partial charge in [0, 0.05) is 6.07 Å². The highest BCUT2D eigenvalue weighted by Crippen LogP contribution is 2.16. The van der Waals surface area contributed by atoms with Crippen LogP contribution in [0.4, 0.5) is 0 Å². The molecule has 0 saturated heterocycles. The minimum Gasteiger partial charge on any atom is -0.478 e. The Morgan fingerprint density at radius 1 is 1.39 bits per heavy atom.